The fraction of sp³-hybridized carbons (Fsp3) is 0.417. The Morgan fingerprint density at radius 3 is 2.59 bits per heavy atom. The number of ether oxygens (including phenoxy) is 3. The molecule has 1 amide bonds. The van der Waals surface area contributed by atoms with Crippen molar-refractivity contribution < 1.29 is 32.2 Å². The minimum Gasteiger partial charge on any atom is -0.490 e. The number of sulfonamides is 1. The molecule has 0 fully saturated rings. The highest BCUT2D eigenvalue weighted by Crippen LogP contribution is 2.31. The van der Waals surface area contributed by atoms with Gasteiger partial charge in [-0.3, -0.25) is 9.59 Å². The van der Waals surface area contributed by atoms with Crippen LogP contribution in [-0.2, 0) is 37.2 Å². The maximum Gasteiger partial charge on any atom is 0.307 e. The molecule has 1 aliphatic carbocycles. The summed E-state index contributed by atoms with van der Waals surface area (Å²) in [5.41, 5.74) is 3.19. The van der Waals surface area contributed by atoms with Gasteiger partial charge in [0.25, 0.3) is 5.91 Å². The summed E-state index contributed by atoms with van der Waals surface area (Å²) in [6.07, 6.45) is 2.63. The molecule has 0 bridgehead atoms. The first kappa shape index (κ1) is 24.0. The van der Waals surface area contributed by atoms with Gasteiger partial charge in [0.15, 0.2) is 17.6 Å². The van der Waals surface area contributed by atoms with Gasteiger partial charge in [-0.2, -0.15) is 0 Å². The first-order chi connectivity index (χ1) is 16.3. The Balaban J connectivity index is 1.25. The van der Waals surface area contributed by atoms with Crippen LogP contribution in [0.4, 0.5) is 5.69 Å². The van der Waals surface area contributed by atoms with E-state index in [1.165, 1.54) is 30.2 Å². The number of aryl methyl sites for hydroxylation is 2. The van der Waals surface area contributed by atoms with Crippen molar-refractivity contribution in [2.24, 2.45) is 0 Å². The van der Waals surface area contributed by atoms with Gasteiger partial charge in [-0.05, 0) is 61.6 Å². The summed E-state index contributed by atoms with van der Waals surface area (Å²) in [7, 11) is -3.86. The van der Waals surface area contributed by atoms with Crippen molar-refractivity contribution in [2.45, 2.75) is 50.0 Å². The molecule has 2 aromatic rings. The standard InChI is InChI=1S/C24H28N2O7S/c1-16(24(28)26-19-7-6-17-4-2-5-18(17)14-19)33-23(27)10-11-25-34(29,30)20-8-9-21-22(15-20)32-13-3-12-31-21/h6-9,14-16,25H,2-5,10-13H2,1H3,(H,26,28)/t16-/m0/s1. The molecule has 9 nitrogen and oxygen atoms in total. The Hall–Kier alpha value is -3.11. The molecule has 0 unspecified atom stereocenters. The van der Waals surface area contributed by atoms with Crippen LogP contribution in [0.2, 0.25) is 0 Å². The summed E-state index contributed by atoms with van der Waals surface area (Å²) in [6.45, 7) is 2.24. The van der Waals surface area contributed by atoms with E-state index in [4.69, 9.17) is 14.2 Å². The van der Waals surface area contributed by atoms with E-state index in [0.29, 0.717) is 36.8 Å². The molecule has 1 atom stereocenters. The highest BCUT2D eigenvalue weighted by molar-refractivity contribution is 7.89. The van der Waals surface area contributed by atoms with Crippen molar-refractivity contribution >= 4 is 27.6 Å². The van der Waals surface area contributed by atoms with E-state index in [0.717, 1.165) is 19.3 Å². The highest BCUT2D eigenvalue weighted by atomic mass is 32.2. The van der Waals surface area contributed by atoms with E-state index < -0.39 is 28.0 Å². The first-order valence-electron chi connectivity index (χ1n) is 11.3. The van der Waals surface area contributed by atoms with E-state index in [1.54, 1.807) is 6.07 Å². The third kappa shape index (κ3) is 5.87. The van der Waals surface area contributed by atoms with E-state index in [9.17, 15) is 18.0 Å². The summed E-state index contributed by atoms with van der Waals surface area (Å²) >= 11 is 0. The van der Waals surface area contributed by atoms with E-state index in [-0.39, 0.29) is 17.9 Å². The number of hydrogen-bond acceptors (Lipinski definition) is 7. The predicted molar refractivity (Wildman–Crippen MR) is 125 cm³/mol. The third-order valence-electron chi connectivity index (χ3n) is 5.69. The van der Waals surface area contributed by atoms with Gasteiger partial charge in [-0.25, -0.2) is 13.1 Å². The minimum atomic E-state index is -3.86. The molecule has 0 radical (unpaired) electrons. The molecule has 4 rings (SSSR count). The van der Waals surface area contributed by atoms with Crippen molar-refractivity contribution in [3.63, 3.8) is 0 Å². The lowest BCUT2D eigenvalue weighted by Gasteiger charge is -2.14. The van der Waals surface area contributed by atoms with Gasteiger partial charge in [-0.15, -0.1) is 0 Å². The molecule has 0 saturated heterocycles. The van der Waals surface area contributed by atoms with Crippen molar-refractivity contribution in [1.29, 1.82) is 0 Å². The monoisotopic (exact) mass is 488 g/mol. The number of esters is 1. The summed E-state index contributed by atoms with van der Waals surface area (Å²) in [6, 6.07) is 10.1. The summed E-state index contributed by atoms with van der Waals surface area (Å²) in [5.74, 6) is -0.271. The molecule has 1 heterocycles. The normalized spacial score (nSPS) is 15.7. The lowest BCUT2D eigenvalue weighted by atomic mass is 10.1. The molecule has 2 aliphatic rings. The van der Waals surface area contributed by atoms with Crippen LogP contribution in [0.3, 0.4) is 0 Å². The number of hydrogen-bond donors (Lipinski definition) is 2. The number of fused-ring (bicyclic) bond motifs is 2. The number of amides is 1. The Labute approximate surface area is 198 Å². The van der Waals surface area contributed by atoms with Gasteiger partial charge in [0.2, 0.25) is 10.0 Å². The first-order valence-corrected chi connectivity index (χ1v) is 12.8. The van der Waals surface area contributed by atoms with Crippen molar-refractivity contribution in [1.82, 2.24) is 4.72 Å². The van der Waals surface area contributed by atoms with Gasteiger partial charge >= 0.3 is 5.97 Å². The molecule has 0 spiro atoms. The minimum absolute atomic E-state index is 0.00668. The fourth-order valence-electron chi connectivity index (χ4n) is 3.88. The average molecular weight is 489 g/mol. The molecule has 182 valence electrons. The van der Waals surface area contributed by atoms with Gasteiger partial charge < -0.3 is 19.5 Å². The molecule has 1 aliphatic heterocycles. The maximum absolute atomic E-state index is 12.6. The molecule has 10 heteroatoms. The van der Waals surface area contributed by atoms with Crippen LogP contribution in [0.15, 0.2) is 41.3 Å². The van der Waals surface area contributed by atoms with E-state index in [1.807, 2.05) is 18.2 Å². The zero-order valence-electron chi connectivity index (χ0n) is 19.0. The lowest BCUT2D eigenvalue weighted by Crippen LogP contribution is -2.32. The SMILES string of the molecule is C[C@H](OC(=O)CCNS(=O)(=O)c1ccc2c(c1)OCCCO2)C(=O)Nc1ccc2c(c1)CCC2. The fourth-order valence-corrected chi connectivity index (χ4v) is 4.93. The summed E-state index contributed by atoms with van der Waals surface area (Å²) < 4.78 is 43.7. The molecule has 34 heavy (non-hydrogen) atoms. The Bertz CT molecular complexity index is 1180. The van der Waals surface area contributed by atoms with Crippen molar-refractivity contribution in [2.75, 3.05) is 25.1 Å². The molecule has 2 aromatic carbocycles. The van der Waals surface area contributed by atoms with Gasteiger partial charge in [0.05, 0.1) is 24.5 Å². The molecular formula is C24H28N2O7S. The highest BCUT2D eigenvalue weighted by Gasteiger charge is 2.21. The van der Waals surface area contributed by atoms with Gasteiger partial charge in [-0.1, -0.05) is 6.07 Å². The zero-order valence-corrected chi connectivity index (χ0v) is 19.8. The molecular weight excluding hydrogens is 460 g/mol. The van der Waals surface area contributed by atoms with Crippen LogP contribution >= 0.6 is 0 Å². The number of carbonyl (C=O) groups is 2. The van der Waals surface area contributed by atoms with E-state index in [2.05, 4.69) is 10.0 Å². The second-order valence-corrected chi connectivity index (χ2v) is 10.0. The second kappa shape index (κ2) is 10.4. The quantitative estimate of drug-likeness (QED) is 0.548. The molecule has 0 saturated carbocycles. The predicted octanol–water partition coefficient (Wildman–Crippen LogP) is 2.58. The lowest BCUT2D eigenvalue weighted by molar-refractivity contribution is -0.152. The van der Waals surface area contributed by atoms with Crippen LogP contribution in [0.5, 0.6) is 11.5 Å². The van der Waals surface area contributed by atoms with Gasteiger partial charge in [0.1, 0.15) is 0 Å². The number of carbonyl (C=O) groups excluding carboxylic acids is 2. The number of benzene rings is 2. The Morgan fingerprint density at radius 1 is 1.00 bits per heavy atom. The van der Waals surface area contributed by atoms with Crippen molar-refractivity contribution in [3.05, 3.63) is 47.5 Å². The average Bonchev–Trinajstić information content (AvgIpc) is 3.14. The summed E-state index contributed by atoms with van der Waals surface area (Å²) in [4.78, 5) is 24.5. The molecule has 0 aromatic heterocycles. The van der Waals surface area contributed by atoms with Crippen LogP contribution in [0, 0.1) is 0 Å². The zero-order chi connectivity index (χ0) is 24.1. The van der Waals surface area contributed by atoms with Gasteiger partial charge in [0, 0.05) is 24.7 Å². The van der Waals surface area contributed by atoms with Crippen LogP contribution in [0.1, 0.15) is 37.3 Å². The smallest absolute Gasteiger partial charge is 0.307 e. The summed E-state index contributed by atoms with van der Waals surface area (Å²) in [5, 5.41) is 2.76. The topological polar surface area (TPSA) is 120 Å². The number of rotatable bonds is 8. The Kier molecular flexibility index (Phi) is 7.38. The number of nitrogens with one attached hydrogen (secondary N) is 2. The second-order valence-electron chi connectivity index (χ2n) is 8.27. The molecule has 2 N–H and O–H groups in total. The largest absolute Gasteiger partial charge is 0.490 e. The third-order valence-corrected chi connectivity index (χ3v) is 7.15. The maximum atomic E-state index is 12.6. The van der Waals surface area contributed by atoms with E-state index >= 15 is 0 Å². The van der Waals surface area contributed by atoms with Crippen molar-refractivity contribution in [3.8, 4) is 11.5 Å². The number of anilines is 1. The van der Waals surface area contributed by atoms with Crippen LogP contribution in [-0.4, -0.2) is 46.2 Å². The Morgan fingerprint density at radius 2 is 1.76 bits per heavy atom. The van der Waals surface area contributed by atoms with Crippen LogP contribution in [0.25, 0.3) is 0 Å². The van der Waals surface area contributed by atoms with Crippen LogP contribution < -0.4 is 19.5 Å².